The van der Waals surface area contributed by atoms with Gasteiger partial charge < -0.3 is 20.5 Å². The lowest BCUT2D eigenvalue weighted by atomic mass is 10.1. The summed E-state index contributed by atoms with van der Waals surface area (Å²) in [6.45, 7) is 5.41. The van der Waals surface area contributed by atoms with Crippen molar-refractivity contribution in [1.29, 1.82) is 0 Å². The van der Waals surface area contributed by atoms with E-state index in [0.29, 0.717) is 10.7 Å². The van der Waals surface area contributed by atoms with Crippen LogP contribution < -0.4 is 11.1 Å². The van der Waals surface area contributed by atoms with Gasteiger partial charge in [-0.1, -0.05) is 50.2 Å². The number of anilines is 2. The van der Waals surface area contributed by atoms with E-state index < -0.39 is 24.5 Å². The number of rotatable bonds is 7. The number of esters is 2. The van der Waals surface area contributed by atoms with E-state index in [2.05, 4.69) is 5.32 Å². The van der Waals surface area contributed by atoms with Crippen molar-refractivity contribution in [2.24, 2.45) is 0 Å². The molecular formula is C24H26N2O5S. The summed E-state index contributed by atoms with van der Waals surface area (Å²) in [5, 5.41) is 2.97. The molecule has 2 aromatic carbocycles. The lowest BCUT2D eigenvalue weighted by Crippen LogP contribution is -2.21. The molecule has 0 fully saturated rings. The SMILES string of the molecule is CC.CCOC(=O)c1cc(-c2ccccc2)sc1NC(=O)COC(=O)c1cccc(N)c1. The van der Waals surface area contributed by atoms with Crippen LogP contribution in [0.3, 0.4) is 0 Å². The van der Waals surface area contributed by atoms with E-state index in [0.717, 1.165) is 10.4 Å². The van der Waals surface area contributed by atoms with Gasteiger partial charge in [-0.3, -0.25) is 4.79 Å². The van der Waals surface area contributed by atoms with Crippen molar-refractivity contribution in [3.05, 3.63) is 71.8 Å². The van der Waals surface area contributed by atoms with Crippen LogP contribution in [0.15, 0.2) is 60.7 Å². The molecule has 0 unspecified atom stereocenters. The fraction of sp³-hybridized carbons (Fsp3) is 0.208. The summed E-state index contributed by atoms with van der Waals surface area (Å²) in [6.07, 6.45) is 0. The smallest absolute Gasteiger partial charge is 0.341 e. The maximum Gasteiger partial charge on any atom is 0.341 e. The molecule has 3 N–H and O–H groups in total. The summed E-state index contributed by atoms with van der Waals surface area (Å²) in [5.41, 5.74) is 7.46. The molecule has 0 aliphatic rings. The zero-order chi connectivity index (χ0) is 23.5. The third-order valence-corrected chi connectivity index (χ3v) is 5.09. The van der Waals surface area contributed by atoms with Gasteiger partial charge in [0.05, 0.1) is 17.7 Å². The van der Waals surface area contributed by atoms with Crippen molar-refractivity contribution in [2.45, 2.75) is 20.8 Å². The normalized spacial score (nSPS) is 9.84. The molecule has 1 amide bonds. The highest BCUT2D eigenvalue weighted by Gasteiger charge is 2.20. The van der Waals surface area contributed by atoms with Crippen molar-refractivity contribution in [3.8, 4) is 10.4 Å². The molecule has 7 nitrogen and oxygen atoms in total. The van der Waals surface area contributed by atoms with Crippen LogP contribution in [0.1, 0.15) is 41.5 Å². The molecule has 8 heteroatoms. The summed E-state index contributed by atoms with van der Waals surface area (Å²) in [7, 11) is 0. The van der Waals surface area contributed by atoms with Crippen molar-refractivity contribution < 1.29 is 23.9 Å². The van der Waals surface area contributed by atoms with E-state index in [-0.39, 0.29) is 17.7 Å². The van der Waals surface area contributed by atoms with Gasteiger partial charge in [0.25, 0.3) is 5.91 Å². The standard InChI is InChI=1S/C22H20N2O5S.C2H6/c1-2-28-22(27)17-12-18(14-7-4-3-5-8-14)30-20(17)24-19(25)13-29-21(26)15-9-6-10-16(23)11-15;1-2/h3-12H,2,13,23H2,1H3,(H,24,25);1-2H3. The molecule has 0 saturated heterocycles. The molecule has 32 heavy (non-hydrogen) atoms. The van der Waals surface area contributed by atoms with E-state index in [1.807, 2.05) is 44.2 Å². The Morgan fingerprint density at radius 3 is 2.31 bits per heavy atom. The molecule has 0 atom stereocenters. The largest absolute Gasteiger partial charge is 0.462 e. The van der Waals surface area contributed by atoms with Gasteiger partial charge in [0, 0.05) is 10.6 Å². The minimum absolute atomic E-state index is 0.209. The summed E-state index contributed by atoms with van der Waals surface area (Å²) in [4.78, 5) is 37.5. The summed E-state index contributed by atoms with van der Waals surface area (Å²) < 4.78 is 10.1. The highest BCUT2D eigenvalue weighted by atomic mass is 32.1. The minimum atomic E-state index is -0.667. The Morgan fingerprint density at radius 2 is 1.66 bits per heavy atom. The van der Waals surface area contributed by atoms with Crippen LogP contribution in [0.2, 0.25) is 0 Å². The Kier molecular flexibility index (Phi) is 9.43. The number of amides is 1. The van der Waals surface area contributed by atoms with Gasteiger partial charge in [-0.25, -0.2) is 9.59 Å². The molecule has 0 aliphatic carbocycles. The number of thiophene rings is 1. The van der Waals surface area contributed by atoms with Crippen LogP contribution in [0.5, 0.6) is 0 Å². The topological polar surface area (TPSA) is 108 Å². The Morgan fingerprint density at radius 1 is 0.938 bits per heavy atom. The number of nitrogens with two attached hydrogens (primary N) is 1. The first-order chi connectivity index (χ1) is 15.5. The fourth-order valence-electron chi connectivity index (χ4n) is 2.63. The Balaban J connectivity index is 0.00000176. The predicted octanol–water partition coefficient (Wildman–Crippen LogP) is 5.00. The van der Waals surface area contributed by atoms with Crippen molar-refractivity contribution in [1.82, 2.24) is 0 Å². The first kappa shape index (κ1) is 24.6. The van der Waals surface area contributed by atoms with Crippen LogP contribution in [-0.4, -0.2) is 31.1 Å². The summed E-state index contributed by atoms with van der Waals surface area (Å²) in [6, 6.07) is 17.4. The van der Waals surface area contributed by atoms with E-state index >= 15 is 0 Å². The van der Waals surface area contributed by atoms with Crippen molar-refractivity contribution >= 4 is 39.9 Å². The molecule has 0 aliphatic heterocycles. The molecule has 168 valence electrons. The average Bonchev–Trinajstić information content (AvgIpc) is 3.23. The fourth-order valence-corrected chi connectivity index (χ4v) is 3.70. The van der Waals surface area contributed by atoms with E-state index in [1.54, 1.807) is 31.2 Å². The first-order valence-corrected chi connectivity index (χ1v) is 11.0. The second-order valence-corrected chi connectivity index (χ2v) is 7.24. The molecular weight excluding hydrogens is 428 g/mol. The highest BCUT2D eigenvalue weighted by Crippen LogP contribution is 2.35. The van der Waals surface area contributed by atoms with Crippen LogP contribution in [0.25, 0.3) is 10.4 Å². The van der Waals surface area contributed by atoms with Gasteiger partial charge >= 0.3 is 11.9 Å². The number of hydrogen-bond donors (Lipinski definition) is 2. The molecule has 0 radical (unpaired) electrons. The minimum Gasteiger partial charge on any atom is -0.462 e. The molecule has 1 heterocycles. The molecule has 3 rings (SSSR count). The van der Waals surface area contributed by atoms with Gasteiger partial charge in [-0.05, 0) is 36.8 Å². The Bertz CT molecular complexity index is 1060. The summed E-state index contributed by atoms with van der Waals surface area (Å²) in [5.74, 6) is -1.78. The summed E-state index contributed by atoms with van der Waals surface area (Å²) >= 11 is 1.24. The number of nitrogen functional groups attached to an aromatic ring is 1. The van der Waals surface area contributed by atoms with Crippen molar-refractivity contribution in [2.75, 3.05) is 24.3 Å². The van der Waals surface area contributed by atoms with Crippen LogP contribution in [0.4, 0.5) is 10.7 Å². The lowest BCUT2D eigenvalue weighted by Gasteiger charge is -2.07. The van der Waals surface area contributed by atoms with E-state index in [4.69, 9.17) is 15.2 Å². The quantitative estimate of drug-likeness (QED) is 0.384. The predicted molar refractivity (Wildman–Crippen MR) is 127 cm³/mol. The third kappa shape index (κ3) is 6.68. The highest BCUT2D eigenvalue weighted by molar-refractivity contribution is 7.20. The van der Waals surface area contributed by atoms with Crippen LogP contribution in [-0.2, 0) is 14.3 Å². The van der Waals surface area contributed by atoms with Gasteiger partial charge in [-0.15, -0.1) is 11.3 Å². The van der Waals surface area contributed by atoms with E-state index in [1.165, 1.54) is 17.4 Å². The van der Waals surface area contributed by atoms with Crippen LogP contribution >= 0.6 is 11.3 Å². The number of hydrogen-bond acceptors (Lipinski definition) is 7. The van der Waals surface area contributed by atoms with E-state index in [9.17, 15) is 14.4 Å². The van der Waals surface area contributed by atoms with Gasteiger partial charge in [0.15, 0.2) is 6.61 Å². The number of nitrogens with one attached hydrogen (secondary N) is 1. The first-order valence-electron chi connectivity index (χ1n) is 10.2. The maximum atomic E-state index is 12.3. The lowest BCUT2D eigenvalue weighted by molar-refractivity contribution is -0.119. The Hall–Kier alpha value is -3.65. The maximum absolute atomic E-state index is 12.3. The molecule has 1 aromatic heterocycles. The number of carbonyl (C=O) groups is 3. The molecule has 0 bridgehead atoms. The average molecular weight is 455 g/mol. The monoisotopic (exact) mass is 454 g/mol. The molecule has 0 spiro atoms. The zero-order valence-corrected chi connectivity index (χ0v) is 19.0. The second-order valence-electron chi connectivity index (χ2n) is 6.19. The third-order valence-electron chi connectivity index (χ3n) is 4.00. The Labute approximate surface area is 191 Å². The van der Waals surface area contributed by atoms with Crippen molar-refractivity contribution in [3.63, 3.8) is 0 Å². The van der Waals surface area contributed by atoms with Gasteiger partial charge in [-0.2, -0.15) is 0 Å². The van der Waals surface area contributed by atoms with Gasteiger partial charge in [0.1, 0.15) is 5.00 Å². The second kappa shape index (κ2) is 12.3. The molecule has 0 saturated carbocycles. The number of benzene rings is 2. The zero-order valence-electron chi connectivity index (χ0n) is 18.2. The van der Waals surface area contributed by atoms with Gasteiger partial charge in [0.2, 0.25) is 0 Å². The van der Waals surface area contributed by atoms with Crippen LogP contribution in [0, 0.1) is 0 Å². The number of ether oxygens (including phenoxy) is 2. The number of carbonyl (C=O) groups excluding carboxylic acids is 3. The molecule has 3 aromatic rings.